The Morgan fingerprint density at radius 1 is 1.24 bits per heavy atom. The fraction of sp³-hybridized carbons (Fsp3) is 0.652. The number of thiophene rings is 1. The van der Waals surface area contributed by atoms with E-state index in [0.29, 0.717) is 17.2 Å². The number of allylic oxidation sites excluding steroid dienone is 2. The Bertz CT molecular complexity index is 812. The highest BCUT2D eigenvalue weighted by Crippen LogP contribution is 2.45. The van der Waals surface area contributed by atoms with Crippen LogP contribution in [0.15, 0.2) is 29.0 Å². The van der Waals surface area contributed by atoms with Crippen LogP contribution in [0.25, 0.3) is 0 Å². The monoisotopic (exact) mass is 488 g/mol. The molecule has 1 unspecified atom stereocenters. The number of carboxylic acid groups (broad SMARTS) is 1. The van der Waals surface area contributed by atoms with E-state index >= 15 is 0 Å². The molecule has 1 aromatic rings. The lowest BCUT2D eigenvalue weighted by Crippen LogP contribution is -2.48. The number of alkyl halides is 3. The number of halogens is 3. The Morgan fingerprint density at radius 3 is 2.39 bits per heavy atom. The molecule has 1 N–H and O–H groups in total. The minimum Gasteiger partial charge on any atom is -0.475 e. The first kappa shape index (κ1) is 25.7. The Morgan fingerprint density at radius 2 is 1.88 bits per heavy atom. The summed E-state index contributed by atoms with van der Waals surface area (Å²) in [6.07, 6.45) is 3.33. The second kappa shape index (κ2) is 11.0. The normalized spacial score (nSPS) is 23.0. The quantitative estimate of drug-likeness (QED) is 0.634. The third-order valence-corrected chi connectivity index (χ3v) is 7.64. The van der Waals surface area contributed by atoms with Crippen LogP contribution in [0.5, 0.6) is 0 Å². The number of carbonyl (C=O) groups excluding carboxylic acids is 1. The van der Waals surface area contributed by atoms with E-state index in [9.17, 15) is 18.0 Å². The van der Waals surface area contributed by atoms with Gasteiger partial charge in [-0.25, -0.2) is 4.79 Å². The Labute approximate surface area is 196 Å². The summed E-state index contributed by atoms with van der Waals surface area (Å²) in [5, 5.41) is 11.5. The number of methoxy groups -OCH3 is 1. The van der Waals surface area contributed by atoms with Crippen LogP contribution in [0.3, 0.4) is 0 Å². The topological polar surface area (TPSA) is 70.1 Å². The minimum absolute atomic E-state index is 0.206. The maximum Gasteiger partial charge on any atom is 0.490 e. The molecule has 184 valence electrons. The van der Waals surface area contributed by atoms with Gasteiger partial charge in [-0.3, -0.25) is 9.69 Å². The van der Waals surface area contributed by atoms with E-state index in [0.717, 1.165) is 65.0 Å². The molecule has 3 heterocycles. The fourth-order valence-corrected chi connectivity index (χ4v) is 5.81. The molecule has 4 rings (SSSR count). The minimum atomic E-state index is -5.08. The van der Waals surface area contributed by atoms with E-state index in [-0.39, 0.29) is 5.92 Å². The maximum atomic E-state index is 12.7. The van der Waals surface area contributed by atoms with Crippen molar-refractivity contribution in [2.24, 2.45) is 17.3 Å². The second-order valence-electron chi connectivity index (χ2n) is 9.08. The molecule has 1 spiro atoms. The molecule has 10 heteroatoms. The molecule has 2 aliphatic heterocycles. The number of hydrogen-bond acceptors (Lipinski definition) is 5. The van der Waals surface area contributed by atoms with E-state index in [1.54, 1.807) is 11.3 Å². The van der Waals surface area contributed by atoms with E-state index in [2.05, 4.69) is 38.8 Å². The number of amides is 1. The van der Waals surface area contributed by atoms with Gasteiger partial charge in [0.25, 0.3) is 0 Å². The molecule has 0 aromatic carbocycles. The van der Waals surface area contributed by atoms with Crippen LogP contribution in [0.2, 0.25) is 0 Å². The lowest BCUT2D eigenvalue weighted by atomic mass is 9.71. The van der Waals surface area contributed by atoms with Gasteiger partial charge >= 0.3 is 12.1 Å². The van der Waals surface area contributed by atoms with Crippen molar-refractivity contribution in [3.8, 4) is 0 Å². The van der Waals surface area contributed by atoms with E-state index in [4.69, 9.17) is 14.6 Å². The molecular formula is C23H31F3N2O4S. The number of ether oxygens (including phenoxy) is 1. The highest BCUT2D eigenvalue weighted by molar-refractivity contribution is 7.07. The van der Waals surface area contributed by atoms with Gasteiger partial charge in [0.2, 0.25) is 5.91 Å². The molecule has 1 amide bonds. The van der Waals surface area contributed by atoms with E-state index < -0.39 is 12.1 Å². The van der Waals surface area contributed by atoms with Crippen LogP contribution in [0, 0.1) is 17.3 Å². The van der Waals surface area contributed by atoms with Crippen molar-refractivity contribution in [3.63, 3.8) is 0 Å². The summed E-state index contributed by atoms with van der Waals surface area (Å²) < 4.78 is 37.3. The average Bonchev–Trinajstić information content (AvgIpc) is 3.52. The molecule has 2 fully saturated rings. The smallest absolute Gasteiger partial charge is 0.475 e. The van der Waals surface area contributed by atoms with Crippen molar-refractivity contribution >= 4 is 23.2 Å². The molecule has 0 bridgehead atoms. The van der Waals surface area contributed by atoms with Gasteiger partial charge in [-0.1, -0.05) is 12.2 Å². The van der Waals surface area contributed by atoms with Gasteiger partial charge in [0, 0.05) is 51.7 Å². The van der Waals surface area contributed by atoms with Gasteiger partial charge < -0.3 is 14.7 Å². The number of piperidine rings is 1. The van der Waals surface area contributed by atoms with E-state index in [1.807, 2.05) is 7.11 Å². The molecule has 3 aliphatic rings. The summed E-state index contributed by atoms with van der Waals surface area (Å²) in [7, 11) is 1.82. The standard InChI is InChI=1S/C21H30N2O2S.C2HF3O2/c1-25-14-19-13-22(12-17-6-11-26-15-17)16-21(19)7-9-23(10-8-21)20(24)18-4-2-3-5-18;3-2(4,5)1(6)7/h2-3,6,11,15,18-19H,4-5,7-10,12-14,16H2,1H3;(H,6,7). The highest BCUT2D eigenvalue weighted by atomic mass is 32.1. The first-order chi connectivity index (χ1) is 15.6. The second-order valence-corrected chi connectivity index (χ2v) is 9.86. The van der Waals surface area contributed by atoms with Crippen LogP contribution in [0.1, 0.15) is 31.2 Å². The Hall–Kier alpha value is -1.91. The number of carboxylic acids is 1. The number of nitrogens with zero attached hydrogens (tertiary/aromatic N) is 2. The molecule has 1 aromatic heterocycles. The zero-order chi connectivity index (χ0) is 24.1. The summed E-state index contributed by atoms with van der Waals surface area (Å²) in [6.45, 7) is 5.97. The predicted octanol–water partition coefficient (Wildman–Crippen LogP) is 4.03. The molecule has 1 aliphatic carbocycles. The average molecular weight is 489 g/mol. The van der Waals surface area contributed by atoms with E-state index in [1.165, 1.54) is 5.56 Å². The zero-order valence-electron chi connectivity index (χ0n) is 18.7. The van der Waals surface area contributed by atoms with Crippen molar-refractivity contribution in [1.82, 2.24) is 9.80 Å². The zero-order valence-corrected chi connectivity index (χ0v) is 19.5. The van der Waals surface area contributed by atoms with Crippen molar-refractivity contribution in [1.29, 1.82) is 0 Å². The third kappa shape index (κ3) is 6.58. The lowest BCUT2D eigenvalue weighted by Gasteiger charge is -2.43. The van der Waals surface area contributed by atoms with Gasteiger partial charge in [0.1, 0.15) is 0 Å². The van der Waals surface area contributed by atoms with Crippen LogP contribution < -0.4 is 0 Å². The van der Waals surface area contributed by atoms with Crippen LogP contribution in [0.4, 0.5) is 13.2 Å². The highest BCUT2D eigenvalue weighted by Gasteiger charge is 2.48. The third-order valence-electron chi connectivity index (χ3n) is 6.91. The number of rotatable bonds is 5. The first-order valence-electron chi connectivity index (χ1n) is 11.1. The number of carbonyl (C=O) groups is 2. The van der Waals surface area contributed by atoms with Gasteiger partial charge in [-0.15, -0.1) is 0 Å². The van der Waals surface area contributed by atoms with Crippen molar-refractivity contribution < 1.29 is 32.6 Å². The van der Waals surface area contributed by atoms with Gasteiger partial charge in [-0.2, -0.15) is 24.5 Å². The predicted molar refractivity (Wildman–Crippen MR) is 119 cm³/mol. The summed E-state index contributed by atoms with van der Waals surface area (Å²) in [5.74, 6) is -1.59. The van der Waals surface area contributed by atoms with Crippen LogP contribution >= 0.6 is 11.3 Å². The largest absolute Gasteiger partial charge is 0.490 e. The van der Waals surface area contributed by atoms with Crippen molar-refractivity contribution in [2.75, 3.05) is 39.9 Å². The molecule has 33 heavy (non-hydrogen) atoms. The first-order valence-corrected chi connectivity index (χ1v) is 12.0. The molecular weight excluding hydrogens is 457 g/mol. The fourth-order valence-electron chi connectivity index (χ4n) is 5.15. The van der Waals surface area contributed by atoms with Gasteiger partial charge in [0.15, 0.2) is 0 Å². The lowest BCUT2D eigenvalue weighted by molar-refractivity contribution is -0.192. The Balaban J connectivity index is 0.000000383. The number of hydrogen-bond donors (Lipinski definition) is 1. The molecule has 2 saturated heterocycles. The summed E-state index contributed by atoms with van der Waals surface area (Å²) in [5.41, 5.74) is 1.74. The van der Waals surface area contributed by atoms with Crippen LogP contribution in [-0.4, -0.2) is 72.9 Å². The Kier molecular flexibility index (Phi) is 8.58. The molecule has 1 atom stereocenters. The summed E-state index contributed by atoms with van der Waals surface area (Å²) >= 11 is 1.78. The molecule has 0 saturated carbocycles. The summed E-state index contributed by atoms with van der Waals surface area (Å²) in [4.78, 5) is 26.4. The van der Waals surface area contributed by atoms with Gasteiger partial charge in [0.05, 0.1) is 6.61 Å². The van der Waals surface area contributed by atoms with Crippen LogP contribution in [-0.2, 0) is 20.9 Å². The summed E-state index contributed by atoms with van der Waals surface area (Å²) in [6, 6.07) is 2.23. The van der Waals surface area contributed by atoms with Crippen molar-refractivity contribution in [3.05, 3.63) is 34.5 Å². The number of likely N-dealkylation sites (tertiary alicyclic amines) is 2. The van der Waals surface area contributed by atoms with Gasteiger partial charge in [-0.05, 0) is 53.5 Å². The SMILES string of the molecule is COCC1CN(Cc2ccsc2)CC12CCN(C(=O)C1CC=CC1)CC2.O=C(O)C(F)(F)F. The molecule has 6 nitrogen and oxygen atoms in total. The maximum absolute atomic E-state index is 12.7. The number of aliphatic carboxylic acids is 1. The van der Waals surface area contributed by atoms with Crippen molar-refractivity contribution in [2.45, 2.75) is 38.4 Å². The molecule has 0 radical (unpaired) electrons.